The molecule has 4 heteroatoms. The smallest absolute Gasteiger partial charge is 0.0261 e. The van der Waals surface area contributed by atoms with Gasteiger partial charge in [-0.05, 0) is 46.6 Å². The highest BCUT2D eigenvalue weighted by atomic mass is 35.5. The number of alkyl halides is 4. The average Bonchev–Trinajstić information content (AvgIpc) is 2.52. The summed E-state index contributed by atoms with van der Waals surface area (Å²) in [5.41, 5.74) is 2.85. The second kappa shape index (κ2) is 6.24. The van der Waals surface area contributed by atoms with E-state index in [2.05, 4.69) is 24.3 Å². The summed E-state index contributed by atoms with van der Waals surface area (Å²) in [7, 11) is 0. The Labute approximate surface area is 140 Å². The molecule has 0 aliphatic heterocycles. The van der Waals surface area contributed by atoms with Gasteiger partial charge in [-0.25, -0.2) is 0 Å². The van der Waals surface area contributed by atoms with E-state index in [0.29, 0.717) is 59.0 Å². The molecule has 2 bridgehead atoms. The van der Waals surface area contributed by atoms with Crippen LogP contribution < -0.4 is 0 Å². The first-order valence-corrected chi connectivity index (χ1v) is 9.24. The second-order valence-electron chi connectivity index (χ2n) is 5.95. The molecule has 0 heterocycles. The molecule has 0 spiro atoms. The maximum Gasteiger partial charge on any atom is 0.0261 e. The Hall–Kier alpha value is 0.380. The lowest BCUT2D eigenvalue weighted by Crippen LogP contribution is -2.51. The number of fused-ring (bicyclic) bond motifs is 2. The van der Waals surface area contributed by atoms with Crippen LogP contribution in [0.25, 0.3) is 0 Å². The maximum atomic E-state index is 6.29. The van der Waals surface area contributed by atoms with E-state index >= 15 is 0 Å². The van der Waals surface area contributed by atoms with E-state index in [1.165, 1.54) is 11.1 Å². The van der Waals surface area contributed by atoms with E-state index in [4.69, 9.17) is 46.4 Å². The van der Waals surface area contributed by atoms with Gasteiger partial charge in [-0.15, -0.1) is 46.4 Å². The third-order valence-corrected chi connectivity index (χ3v) is 6.80. The van der Waals surface area contributed by atoms with Crippen LogP contribution in [0.1, 0.15) is 23.0 Å². The normalized spacial score (nSPS) is 38.8. The van der Waals surface area contributed by atoms with E-state index in [0.717, 1.165) is 0 Å². The van der Waals surface area contributed by atoms with Crippen LogP contribution in [0.15, 0.2) is 24.3 Å². The summed E-state index contributed by atoms with van der Waals surface area (Å²) < 4.78 is 0. The summed E-state index contributed by atoms with van der Waals surface area (Å²) >= 11 is 25.2. The van der Waals surface area contributed by atoms with Gasteiger partial charge in [0.05, 0.1) is 0 Å². The molecular formula is C16H18Cl4. The topological polar surface area (TPSA) is 0 Å². The summed E-state index contributed by atoms with van der Waals surface area (Å²) in [6.07, 6.45) is 0. The van der Waals surface area contributed by atoms with Crippen LogP contribution in [0.4, 0.5) is 0 Å². The van der Waals surface area contributed by atoms with Crippen LogP contribution in [0, 0.1) is 23.7 Å². The molecule has 1 saturated carbocycles. The van der Waals surface area contributed by atoms with Crippen molar-refractivity contribution in [2.75, 3.05) is 23.5 Å². The first kappa shape index (κ1) is 15.3. The van der Waals surface area contributed by atoms with Crippen molar-refractivity contribution in [1.82, 2.24) is 0 Å². The standard InChI is InChI=1S/C16H18Cl4/c17-5-11-13(7-19)16-10-4-2-1-3-9(10)15(11)12(6-18)14(16)8-20/h1-4,11-16H,5-8H2. The van der Waals surface area contributed by atoms with Crippen molar-refractivity contribution in [2.24, 2.45) is 23.7 Å². The van der Waals surface area contributed by atoms with Crippen LogP contribution >= 0.6 is 46.4 Å². The van der Waals surface area contributed by atoms with Crippen molar-refractivity contribution in [3.05, 3.63) is 35.4 Å². The van der Waals surface area contributed by atoms with Crippen molar-refractivity contribution >= 4 is 46.4 Å². The molecule has 3 aliphatic carbocycles. The van der Waals surface area contributed by atoms with Crippen molar-refractivity contribution in [3.8, 4) is 0 Å². The lowest BCUT2D eigenvalue weighted by Gasteiger charge is -2.56. The van der Waals surface area contributed by atoms with Gasteiger partial charge in [-0.1, -0.05) is 24.3 Å². The molecule has 4 atom stereocenters. The molecule has 1 aromatic carbocycles. The SMILES string of the molecule is ClCC1C(CCl)C2c3ccccc3C1C(CCl)C2CCl. The third kappa shape index (κ3) is 2.10. The van der Waals surface area contributed by atoms with E-state index < -0.39 is 0 Å². The van der Waals surface area contributed by atoms with E-state index in [1.807, 2.05) is 0 Å². The summed E-state index contributed by atoms with van der Waals surface area (Å²) in [5.74, 6) is 5.05. The van der Waals surface area contributed by atoms with Crippen LogP contribution in [0.5, 0.6) is 0 Å². The van der Waals surface area contributed by atoms with E-state index in [1.54, 1.807) is 0 Å². The van der Waals surface area contributed by atoms with Gasteiger partial charge in [0.1, 0.15) is 0 Å². The summed E-state index contributed by atoms with van der Waals surface area (Å²) in [4.78, 5) is 0. The first-order valence-electron chi connectivity index (χ1n) is 7.11. The Morgan fingerprint density at radius 2 is 0.900 bits per heavy atom. The largest absolute Gasteiger partial charge is 0.126 e. The molecule has 4 rings (SSSR count). The van der Waals surface area contributed by atoms with Crippen LogP contribution in [-0.2, 0) is 0 Å². The Morgan fingerprint density at radius 3 is 1.15 bits per heavy atom. The predicted octanol–water partition coefficient (Wildman–Crippen LogP) is 5.30. The zero-order valence-corrected chi connectivity index (χ0v) is 14.1. The fourth-order valence-electron chi connectivity index (χ4n) is 4.58. The number of hydrogen-bond acceptors (Lipinski definition) is 0. The summed E-state index contributed by atoms with van der Waals surface area (Å²) in [5, 5.41) is 0. The zero-order chi connectivity index (χ0) is 14.3. The van der Waals surface area contributed by atoms with Gasteiger partial charge in [-0.3, -0.25) is 0 Å². The molecule has 0 nitrogen and oxygen atoms in total. The Morgan fingerprint density at radius 1 is 0.600 bits per heavy atom. The molecule has 3 aliphatic rings. The molecule has 110 valence electrons. The molecule has 0 aromatic heterocycles. The Bertz CT molecular complexity index is 412. The highest BCUT2D eigenvalue weighted by Crippen LogP contribution is 2.61. The molecule has 4 unspecified atom stereocenters. The fourth-order valence-corrected chi connectivity index (χ4v) is 6.27. The van der Waals surface area contributed by atoms with Gasteiger partial charge in [0, 0.05) is 23.5 Å². The molecule has 1 fully saturated rings. The quantitative estimate of drug-likeness (QED) is 0.645. The van der Waals surface area contributed by atoms with Gasteiger partial charge in [-0.2, -0.15) is 0 Å². The molecule has 0 radical (unpaired) electrons. The third-order valence-electron chi connectivity index (χ3n) is 5.37. The minimum Gasteiger partial charge on any atom is -0.126 e. The Balaban J connectivity index is 2.16. The van der Waals surface area contributed by atoms with E-state index in [9.17, 15) is 0 Å². The highest BCUT2D eigenvalue weighted by Gasteiger charge is 2.54. The lowest BCUT2D eigenvalue weighted by atomic mass is 9.50. The molecule has 0 saturated heterocycles. The number of benzene rings is 1. The lowest BCUT2D eigenvalue weighted by molar-refractivity contribution is 0.0775. The van der Waals surface area contributed by atoms with Gasteiger partial charge >= 0.3 is 0 Å². The number of rotatable bonds is 4. The molecule has 20 heavy (non-hydrogen) atoms. The Kier molecular flexibility index (Phi) is 4.77. The highest BCUT2D eigenvalue weighted by molar-refractivity contribution is 6.20. The number of halogens is 4. The van der Waals surface area contributed by atoms with Crippen molar-refractivity contribution < 1.29 is 0 Å². The molecule has 0 amide bonds. The van der Waals surface area contributed by atoms with Gasteiger partial charge in [0.25, 0.3) is 0 Å². The minimum absolute atomic E-state index is 0.402. The second-order valence-corrected chi connectivity index (χ2v) is 7.19. The monoisotopic (exact) mass is 350 g/mol. The average molecular weight is 352 g/mol. The van der Waals surface area contributed by atoms with Crippen molar-refractivity contribution in [3.63, 3.8) is 0 Å². The van der Waals surface area contributed by atoms with Crippen molar-refractivity contribution in [2.45, 2.75) is 11.8 Å². The van der Waals surface area contributed by atoms with Crippen molar-refractivity contribution in [1.29, 1.82) is 0 Å². The number of hydrogen-bond donors (Lipinski definition) is 0. The van der Waals surface area contributed by atoms with E-state index in [-0.39, 0.29) is 0 Å². The fraction of sp³-hybridized carbons (Fsp3) is 0.625. The minimum atomic E-state index is 0.402. The maximum absolute atomic E-state index is 6.29. The van der Waals surface area contributed by atoms with Gasteiger partial charge < -0.3 is 0 Å². The van der Waals surface area contributed by atoms with Crippen LogP contribution in [0.2, 0.25) is 0 Å². The molecule has 0 N–H and O–H groups in total. The van der Waals surface area contributed by atoms with Crippen LogP contribution in [-0.4, -0.2) is 23.5 Å². The summed E-state index contributed by atoms with van der Waals surface area (Å²) in [6, 6.07) is 8.70. The van der Waals surface area contributed by atoms with Crippen LogP contribution in [0.3, 0.4) is 0 Å². The first-order chi connectivity index (χ1) is 9.78. The zero-order valence-electron chi connectivity index (χ0n) is 11.1. The summed E-state index contributed by atoms with van der Waals surface area (Å²) in [6.45, 7) is 0. The molecular weight excluding hydrogens is 334 g/mol. The van der Waals surface area contributed by atoms with Gasteiger partial charge in [0.2, 0.25) is 0 Å². The molecule has 1 aromatic rings. The van der Waals surface area contributed by atoms with Gasteiger partial charge in [0.15, 0.2) is 0 Å². The predicted molar refractivity (Wildman–Crippen MR) is 88.8 cm³/mol.